The molecule has 0 atom stereocenters. The Hall–Kier alpha value is -5.81. The van der Waals surface area contributed by atoms with Crippen LogP contribution in [0.5, 0.6) is 11.5 Å². The lowest BCUT2D eigenvalue weighted by Crippen LogP contribution is -2.30. The molecule has 0 spiro atoms. The van der Waals surface area contributed by atoms with Gasteiger partial charge in [-0.2, -0.15) is 0 Å². The van der Waals surface area contributed by atoms with Crippen LogP contribution in [0.2, 0.25) is 0 Å². The highest BCUT2D eigenvalue weighted by Gasteiger charge is 2.31. The van der Waals surface area contributed by atoms with E-state index in [-0.39, 0.29) is 10.8 Å². The molecule has 0 bridgehead atoms. The summed E-state index contributed by atoms with van der Waals surface area (Å²) in [6.07, 6.45) is 4.20. The topological polar surface area (TPSA) is 33.5 Å². The molecule has 254 valence electrons. The minimum absolute atomic E-state index is 0.0118. The van der Waals surface area contributed by atoms with Gasteiger partial charge in [0.25, 0.3) is 0 Å². The van der Waals surface area contributed by atoms with Gasteiger partial charge in [-0.3, -0.25) is 4.57 Å². The van der Waals surface area contributed by atoms with E-state index >= 15 is 0 Å². The van der Waals surface area contributed by atoms with E-state index in [1.807, 2.05) is 12.3 Å². The molecule has 2 aromatic heterocycles. The normalized spacial score (nSPS) is 13.6. The van der Waals surface area contributed by atoms with Crippen molar-refractivity contribution in [2.24, 2.45) is 5.41 Å². The molecule has 3 heterocycles. The van der Waals surface area contributed by atoms with Crippen LogP contribution in [0.15, 0.2) is 152 Å². The van der Waals surface area contributed by atoms with Crippen LogP contribution in [0.25, 0.3) is 38.8 Å². The summed E-state index contributed by atoms with van der Waals surface area (Å²) in [4.78, 5) is 9.57. The Morgan fingerprint density at radius 2 is 1.27 bits per heavy atom. The number of hydrogen-bond donors (Lipinski definition) is 0. The molecule has 0 saturated carbocycles. The first-order valence-electron chi connectivity index (χ1n) is 17.7. The van der Waals surface area contributed by atoms with E-state index in [9.17, 15) is 0 Å². The highest BCUT2D eigenvalue weighted by Crippen LogP contribution is 2.40. The largest absolute Gasteiger partial charge is 0.457 e. The first-order chi connectivity index (χ1) is 24.5. The summed E-state index contributed by atoms with van der Waals surface area (Å²) in [5.74, 6) is 2.48. The van der Waals surface area contributed by atoms with Gasteiger partial charge in [0.15, 0.2) is 0 Å². The van der Waals surface area contributed by atoms with Crippen molar-refractivity contribution in [1.29, 1.82) is 0 Å². The molecule has 5 nitrogen and oxygen atoms in total. The number of aromatic nitrogens is 2. The van der Waals surface area contributed by atoms with Crippen LogP contribution in [0.1, 0.15) is 47.1 Å². The number of benzene rings is 5. The van der Waals surface area contributed by atoms with E-state index < -0.39 is 0 Å². The van der Waals surface area contributed by atoms with Gasteiger partial charge in [-0.1, -0.05) is 108 Å². The molecule has 51 heavy (non-hydrogen) atoms. The van der Waals surface area contributed by atoms with Crippen LogP contribution in [0.3, 0.4) is 0 Å². The Kier molecular flexibility index (Phi) is 7.94. The number of rotatable bonds is 6. The first kappa shape index (κ1) is 32.4. The van der Waals surface area contributed by atoms with Crippen molar-refractivity contribution in [3.05, 3.63) is 157 Å². The smallest absolute Gasteiger partial charge is 0.137 e. The summed E-state index contributed by atoms with van der Waals surface area (Å²) in [7, 11) is 0. The fourth-order valence-electron chi connectivity index (χ4n) is 7.06. The zero-order valence-corrected chi connectivity index (χ0v) is 30.3. The lowest BCUT2D eigenvalue weighted by molar-refractivity contribution is 0.483. The summed E-state index contributed by atoms with van der Waals surface area (Å²) >= 11 is 0. The van der Waals surface area contributed by atoms with Gasteiger partial charge >= 0.3 is 0 Å². The molecule has 8 rings (SSSR count). The predicted molar refractivity (Wildman–Crippen MR) is 213 cm³/mol. The van der Waals surface area contributed by atoms with E-state index in [1.54, 1.807) is 0 Å². The van der Waals surface area contributed by atoms with Gasteiger partial charge in [-0.25, -0.2) is 4.98 Å². The summed E-state index contributed by atoms with van der Waals surface area (Å²) in [5.41, 5.74) is 9.37. The van der Waals surface area contributed by atoms with Gasteiger partial charge in [0.2, 0.25) is 0 Å². The molecular formula is C46H44N4O. The van der Waals surface area contributed by atoms with E-state index in [2.05, 4.69) is 190 Å². The fourth-order valence-corrected chi connectivity index (χ4v) is 7.06. The van der Waals surface area contributed by atoms with Crippen LogP contribution in [-0.4, -0.2) is 16.2 Å². The minimum Gasteiger partial charge on any atom is -0.457 e. The van der Waals surface area contributed by atoms with Crippen molar-refractivity contribution in [3.8, 4) is 28.4 Å². The molecule has 1 aliphatic heterocycles. The number of para-hydroxylation sites is 1. The van der Waals surface area contributed by atoms with Crippen LogP contribution < -0.4 is 14.5 Å². The fraction of sp³-hybridized carbons (Fsp3) is 0.196. The van der Waals surface area contributed by atoms with Crippen molar-refractivity contribution in [2.75, 3.05) is 16.5 Å². The molecule has 0 radical (unpaired) electrons. The van der Waals surface area contributed by atoms with E-state index in [0.717, 1.165) is 34.0 Å². The maximum Gasteiger partial charge on any atom is 0.137 e. The Morgan fingerprint density at radius 3 is 2.04 bits per heavy atom. The molecular weight excluding hydrogens is 625 g/mol. The summed E-state index contributed by atoms with van der Waals surface area (Å²) < 4.78 is 8.87. The number of hydrogen-bond acceptors (Lipinski definition) is 4. The standard InChI is InChI=1S/C46H44N4O/c1-45(2,3)34-25-26-47-44(27-34)50-41-18-11-10-17-39(41)40-24-23-38(29-42(40)50)51-37-16-12-15-36(28-37)48-30-43(46(4,5)6)49(31-48)35-21-19-33(20-22-35)32-13-8-7-9-14-32/h7-30H,31H2,1-6H3. The number of nitrogens with zero attached hydrogens (tertiary/aromatic N) is 4. The number of pyridine rings is 1. The van der Waals surface area contributed by atoms with E-state index in [1.165, 1.54) is 38.8 Å². The molecule has 0 saturated heterocycles. The molecule has 0 amide bonds. The Balaban J connectivity index is 1.10. The number of allylic oxidation sites excluding steroid dienone is 1. The molecule has 0 aliphatic carbocycles. The average molecular weight is 669 g/mol. The summed E-state index contributed by atoms with van der Waals surface area (Å²) in [6.45, 7) is 14.3. The van der Waals surface area contributed by atoms with Crippen molar-refractivity contribution in [1.82, 2.24) is 9.55 Å². The maximum atomic E-state index is 6.62. The molecule has 5 aromatic carbocycles. The lowest BCUT2D eigenvalue weighted by Gasteiger charge is -2.31. The van der Waals surface area contributed by atoms with Gasteiger partial charge in [0.1, 0.15) is 17.3 Å². The monoisotopic (exact) mass is 668 g/mol. The predicted octanol–water partition coefficient (Wildman–Crippen LogP) is 12.1. The third-order valence-corrected chi connectivity index (χ3v) is 9.79. The lowest BCUT2D eigenvalue weighted by atomic mass is 9.88. The van der Waals surface area contributed by atoms with Gasteiger partial charge < -0.3 is 14.5 Å². The van der Waals surface area contributed by atoms with Gasteiger partial charge in [0.05, 0.1) is 17.7 Å². The first-order valence-corrected chi connectivity index (χ1v) is 17.7. The zero-order valence-electron chi connectivity index (χ0n) is 30.3. The minimum atomic E-state index is -0.0455. The highest BCUT2D eigenvalue weighted by molar-refractivity contribution is 6.09. The number of anilines is 2. The van der Waals surface area contributed by atoms with Gasteiger partial charge in [-0.05, 0) is 76.7 Å². The third-order valence-electron chi connectivity index (χ3n) is 9.79. The van der Waals surface area contributed by atoms with Crippen molar-refractivity contribution >= 4 is 33.2 Å². The van der Waals surface area contributed by atoms with Crippen molar-refractivity contribution in [3.63, 3.8) is 0 Å². The average Bonchev–Trinajstić information content (AvgIpc) is 3.73. The molecule has 5 heteroatoms. The van der Waals surface area contributed by atoms with E-state index in [4.69, 9.17) is 9.72 Å². The number of fused-ring (bicyclic) bond motifs is 3. The second-order valence-corrected chi connectivity index (χ2v) is 15.5. The van der Waals surface area contributed by atoms with Crippen LogP contribution in [-0.2, 0) is 5.41 Å². The van der Waals surface area contributed by atoms with Crippen molar-refractivity contribution < 1.29 is 4.74 Å². The molecule has 0 N–H and O–H groups in total. The Bertz CT molecular complexity index is 2390. The molecule has 0 unspecified atom stereocenters. The number of ether oxygens (including phenoxy) is 1. The molecule has 7 aromatic rings. The quantitative estimate of drug-likeness (QED) is 0.177. The third kappa shape index (κ3) is 6.25. The maximum absolute atomic E-state index is 6.62. The summed E-state index contributed by atoms with van der Waals surface area (Å²) in [6, 6.07) is 47.1. The SMILES string of the molecule is CC(C)(C)C1=CN(c2cccc(Oc3ccc4c5ccccc5n(-c5cc(C(C)(C)C)ccn5)c4c3)c2)CN1c1ccc(-c2ccccc2)cc1. The van der Waals surface area contributed by atoms with Crippen LogP contribution in [0, 0.1) is 5.41 Å². The second-order valence-electron chi connectivity index (χ2n) is 15.5. The van der Waals surface area contributed by atoms with Gasteiger partial charge in [-0.15, -0.1) is 0 Å². The van der Waals surface area contributed by atoms with Crippen molar-refractivity contribution in [2.45, 2.75) is 47.0 Å². The zero-order chi connectivity index (χ0) is 35.3. The van der Waals surface area contributed by atoms with E-state index in [0.29, 0.717) is 6.67 Å². The second kappa shape index (κ2) is 12.5. The van der Waals surface area contributed by atoms with Crippen LogP contribution >= 0.6 is 0 Å². The highest BCUT2D eigenvalue weighted by atomic mass is 16.5. The summed E-state index contributed by atoms with van der Waals surface area (Å²) in [5, 5.41) is 2.36. The van der Waals surface area contributed by atoms with Gasteiger partial charge in [0, 0.05) is 57.8 Å². The van der Waals surface area contributed by atoms with Crippen LogP contribution in [0.4, 0.5) is 11.4 Å². The Morgan fingerprint density at radius 1 is 0.569 bits per heavy atom. The Labute approximate surface area is 301 Å². The molecule has 1 aliphatic rings. The molecule has 0 fully saturated rings.